The van der Waals surface area contributed by atoms with Gasteiger partial charge in [0.1, 0.15) is 27.2 Å². The minimum Gasteiger partial charge on any atom is -0.392 e. The van der Waals surface area contributed by atoms with E-state index in [4.69, 9.17) is 0 Å². The molecule has 90 heavy (non-hydrogen) atoms. The Kier molecular flexibility index (Phi) is 23.2. The summed E-state index contributed by atoms with van der Waals surface area (Å²) in [4.78, 5) is 54.5. The number of amides is 1. The zero-order valence-electron chi connectivity index (χ0n) is 49.4. The van der Waals surface area contributed by atoms with E-state index >= 15 is 0 Å². The number of anilines is 6. The van der Waals surface area contributed by atoms with Crippen molar-refractivity contribution in [3.8, 4) is 0 Å². The van der Waals surface area contributed by atoms with E-state index in [9.17, 15) is 84.7 Å². The van der Waals surface area contributed by atoms with Crippen LogP contribution in [0.3, 0.4) is 0 Å². The second-order valence-electron chi connectivity index (χ2n) is 22.6. The molecule has 0 aliphatic heterocycles. The zero-order valence-corrected chi connectivity index (χ0v) is 53.5. The van der Waals surface area contributed by atoms with Crippen LogP contribution in [0.4, 0.5) is 35.2 Å². The van der Waals surface area contributed by atoms with E-state index in [1.54, 1.807) is 4.90 Å². The first-order valence-electron chi connectivity index (χ1n) is 27.2. The van der Waals surface area contributed by atoms with Crippen molar-refractivity contribution in [3.05, 3.63) is 125 Å². The highest BCUT2D eigenvalue weighted by Gasteiger charge is 2.30. The van der Waals surface area contributed by atoms with Crippen molar-refractivity contribution in [3.63, 3.8) is 0 Å². The standard InChI is InChI=1S/C55H69N11O19S5/c1-35(67)31-65(24-22-43(69)30-54(3,4)33-86(71,72)73)52-59-47(27-37-10-8-7-9-11-37)58-48(60-52)28-38-12-13-39(45(26-38)89(80,81)82)14-15-40-16-17-42(29-46(40)90(83,84)85)57-51-61-50(56-41-18-20-44(21-19-41)88(77,78)79)62-53(63-51)66(32-36(2)68)25-23-49(70)64-55(5,6)34-87(74,75)76/h7-21,26,29,35-36,67-68H,22-25,27-28,30-34H2,1-6H3,(H,64,70)(H,71,72,73)(H,74,75,76)(H,77,78,79)(H,80,81,82)(H,83,84,85)(H2,56,57,61,62,63)/b15-14+. The van der Waals surface area contributed by atoms with Crippen LogP contribution in [0, 0.1) is 5.41 Å². The van der Waals surface area contributed by atoms with Crippen LogP contribution in [0.25, 0.3) is 12.2 Å². The molecule has 10 N–H and O–H groups in total. The normalized spacial score (nSPS) is 13.4. The average Bonchev–Trinajstić information content (AvgIpc) is 0.912. The molecule has 2 atom stereocenters. The molecule has 0 radical (unpaired) electrons. The summed E-state index contributed by atoms with van der Waals surface area (Å²) in [7, 11) is -23.6. The molecule has 0 fully saturated rings. The number of aliphatic hydroxyl groups is 2. The maximum atomic E-state index is 13.2. The number of hydrogen-bond acceptors (Lipinski definition) is 24. The fourth-order valence-corrected chi connectivity index (χ4v) is 13.3. The Labute approximate surface area is 521 Å². The van der Waals surface area contributed by atoms with Gasteiger partial charge in [0.15, 0.2) is 0 Å². The topological polar surface area (TPSA) is 466 Å². The molecule has 1 amide bonds. The van der Waals surface area contributed by atoms with Crippen molar-refractivity contribution in [2.75, 3.05) is 58.1 Å². The quantitative estimate of drug-likeness (QED) is 0.0206. The average molecular weight is 1350 g/mol. The lowest BCUT2D eigenvalue weighted by Gasteiger charge is -2.27. The third-order valence-corrected chi connectivity index (χ3v) is 17.7. The van der Waals surface area contributed by atoms with Crippen molar-refractivity contribution >= 4 is 110 Å². The first-order chi connectivity index (χ1) is 41.6. The molecular formula is C55H69N11O19S5. The molecule has 0 bridgehead atoms. The lowest BCUT2D eigenvalue weighted by molar-refractivity contribution is -0.122. The van der Waals surface area contributed by atoms with E-state index in [1.165, 1.54) is 82.8 Å². The summed E-state index contributed by atoms with van der Waals surface area (Å²) >= 11 is 0. The smallest absolute Gasteiger partial charge is 0.295 e. The number of nitrogens with one attached hydrogen (secondary N) is 3. The van der Waals surface area contributed by atoms with Crippen LogP contribution in [0.2, 0.25) is 0 Å². The number of hydrogen-bond donors (Lipinski definition) is 10. The van der Waals surface area contributed by atoms with E-state index in [0.29, 0.717) is 0 Å². The Balaban J connectivity index is 1.33. The van der Waals surface area contributed by atoms with Crippen molar-refractivity contribution in [2.24, 2.45) is 5.41 Å². The summed E-state index contributed by atoms with van der Waals surface area (Å²) in [5.74, 6) is -2.86. The molecule has 488 valence electrons. The Morgan fingerprint density at radius 2 is 1.02 bits per heavy atom. The summed E-state index contributed by atoms with van der Waals surface area (Å²) in [5.41, 5.74) is -1.71. The third kappa shape index (κ3) is 23.4. The number of carbonyl (C=O) groups is 2. The molecular weight excluding hydrogens is 1280 g/mol. The fraction of sp³-hybridized carbons (Fsp3) is 0.382. The van der Waals surface area contributed by atoms with Gasteiger partial charge >= 0.3 is 0 Å². The van der Waals surface area contributed by atoms with E-state index in [2.05, 4.69) is 45.9 Å². The molecule has 0 spiro atoms. The number of Topliss-reactive ketones (excluding diaryl/α,β-unsaturated/α-hetero) is 1. The molecule has 6 rings (SSSR count). The van der Waals surface area contributed by atoms with Crippen molar-refractivity contribution < 1.29 is 84.7 Å². The van der Waals surface area contributed by atoms with Crippen LogP contribution < -0.4 is 25.8 Å². The second kappa shape index (κ2) is 29.2. The molecule has 0 aliphatic rings. The summed E-state index contributed by atoms with van der Waals surface area (Å²) in [5, 5.41) is 29.2. The van der Waals surface area contributed by atoms with Gasteiger partial charge in [0, 0.05) is 69.7 Å². The number of ketones is 1. The monoisotopic (exact) mass is 1350 g/mol. The van der Waals surface area contributed by atoms with Gasteiger partial charge < -0.3 is 36.0 Å². The SMILES string of the molecule is CC(O)CN(CCC(=O)CC(C)(C)CS(=O)(=O)O)c1nc(Cc2ccccc2)nc(Cc2ccc(/C=C/c3ccc(Nc4nc(Nc5ccc(S(=O)(=O)O)cc5)nc(N(CCC(=O)NC(C)(C)CS(=O)(=O)O)CC(C)O)n4)cc3S(=O)(=O)O)c(S(=O)(=O)O)c2)n1. The molecule has 2 heterocycles. The van der Waals surface area contributed by atoms with E-state index in [1.807, 2.05) is 30.3 Å². The van der Waals surface area contributed by atoms with Crippen LogP contribution in [-0.4, -0.2) is 172 Å². The Bertz CT molecular complexity index is 4200. The minimum atomic E-state index is -5.12. The largest absolute Gasteiger partial charge is 0.392 e. The van der Waals surface area contributed by atoms with Gasteiger partial charge in [-0.1, -0.05) is 74.5 Å². The van der Waals surface area contributed by atoms with Crippen molar-refractivity contribution in [2.45, 2.75) is 106 Å². The van der Waals surface area contributed by atoms with Gasteiger partial charge in [-0.15, -0.1) is 0 Å². The lowest BCUT2D eigenvalue weighted by Crippen LogP contribution is -2.49. The number of carbonyl (C=O) groups excluding carboxylic acids is 2. The predicted octanol–water partition coefficient (Wildman–Crippen LogP) is 4.45. The number of aliphatic hydroxyl groups excluding tert-OH is 2. The molecule has 35 heteroatoms. The number of rotatable bonds is 32. The van der Waals surface area contributed by atoms with E-state index in [0.717, 1.165) is 42.0 Å². The number of nitrogens with zero attached hydrogens (tertiary/aromatic N) is 8. The zero-order chi connectivity index (χ0) is 66.8. The first-order valence-corrected chi connectivity index (χ1v) is 34.8. The summed E-state index contributed by atoms with van der Waals surface area (Å²) in [6.07, 6.45) is -0.401. The Morgan fingerprint density at radius 1 is 0.544 bits per heavy atom. The van der Waals surface area contributed by atoms with Gasteiger partial charge in [-0.3, -0.25) is 32.4 Å². The fourth-order valence-electron chi connectivity index (χ4n) is 9.28. The summed E-state index contributed by atoms with van der Waals surface area (Å²) < 4.78 is 172. The van der Waals surface area contributed by atoms with Crippen LogP contribution >= 0.6 is 0 Å². The highest BCUT2D eigenvalue weighted by molar-refractivity contribution is 7.86. The Hall–Kier alpha value is -7.55. The van der Waals surface area contributed by atoms with Crippen molar-refractivity contribution in [1.82, 2.24) is 35.2 Å². The van der Waals surface area contributed by atoms with Crippen LogP contribution in [0.1, 0.15) is 94.7 Å². The first kappa shape index (κ1) is 71.5. The predicted molar refractivity (Wildman–Crippen MR) is 331 cm³/mol. The van der Waals surface area contributed by atoms with Gasteiger partial charge in [-0.2, -0.15) is 67.0 Å². The van der Waals surface area contributed by atoms with Crippen LogP contribution in [0.5, 0.6) is 0 Å². The maximum absolute atomic E-state index is 13.2. The molecule has 30 nitrogen and oxygen atoms in total. The third-order valence-electron chi connectivity index (χ3n) is 12.7. The van der Waals surface area contributed by atoms with Crippen LogP contribution in [0.15, 0.2) is 106 Å². The maximum Gasteiger partial charge on any atom is 0.295 e. The second-order valence-corrected chi connectivity index (χ2v) is 29.7. The molecule has 0 saturated carbocycles. The highest BCUT2D eigenvalue weighted by Crippen LogP contribution is 2.30. The van der Waals surface area contributed by atoms with Crippen LogP contribution in [-0.2, 0) is 73.0 Å². The van der Waals surface area contributed by atoms with E-state index < -0.39 is 106 Å². The van der Waals surface area contributed by atoms with E-state index in [-0.39, 0.29) is 128 Å². The Morgan fingerprint density at radius 3 is 1.53 bits per heavy atom. The molecule has 4 aromatic carbocycles. The molecule has 0 saturated heterocycles. The van der Waals surface area contributed by atoms with Gasteiger partial charge in [-0.05, 0) is 97.8 Å². The number of aromatic nitrogens is 6. The molecule has 2 aromatic heterocycles. The highest BCUT2D eigenvalue weighted by atomic mass is 32.2. The van der Waals surface area contributed by atoms with Gasteiger partial charge in [0.05, 0.1) is 34.1 Å². The van der Waals surface area contributed by atoms with Gasteiger partial charge in [-0.25, -0.2) is 4.98 Å². The van der Waals surface area contributed by atoms with Gasteiger partial charge in [0.2, 0.25) is 29.7 Å². The molecule has 2 unspecified atom stereocenters. The summed E-state index contributed by atoms with van der Waals surface area (Å²) in [6.45, 7) is 8.17. The van der Waals surface area contributed by atoms with Crippen molar-refractivity contribution in [1.29, 1.82) is 0 Å². The minimum absolute atomic E-state index is 0.0308. The van der Waals surface area contributed by atoms with Gasteiger partial charge in [0.25, 0.3) is 50.6 Å². The molecule has 6 aromatic rings. The summed E-state index contributed by atoms with van der Waals surface area (Å²) in [6, 6.07) is 21.2. The molecule has 0 aliphatic carbocycles. The number of benzene rings is 4. The lowest BCUT2D eigenvalue weighted by atomic mass is 9.89.